The van der Waals surface area contributed by atoms with Crippen molar-refractivity contribution in [1.82, 2.24) is 4.90 Å². The molecule has 1 aliphatic rings. The molecule has 0 saturated carbocycles. The van der Waals surface area contributed by atoms with E-state index in [1.807, 2.05) is 13.8 Å². The topological polar surface area (TPSA) is 67.9 Å². The van der Waals surface area contributed by atoms with Crippen molar-refractivity contribution in [2.24, 2.45) is 0 Å². The molecule has 0 aliphatic carbocycles. The average Bonchev–Trinajstić information content (AvgIpc) is 2.45. The van der Waals surface area contributed by atoms with Crippen LogP contribution in [0, 0.1) is 0 Å². The van der Waals surface area contributed by atoms with Crippen LogP contribution in [0.25, 0.3) is 0 Å². The van der Waals surface area contributed by atoms with Crippen LogP contribution in [-0.2, 0) is 14.3 Å². The summed E-state index contributed by atoms with van der Waals surface area (Å²) in [5, 5.41) is 2.59. The Labute approximate surface area is 124 Å². The van der Waals surface area contributed by atoms with E-state index in [4.69, 9.17) is 9.47 Å². The molecule has 21 heavy (non-hydrogen) atoms. The van der Waals surface area contributed by atoms with Crippen LogP contribution in [0.1, 0.15) is 13.8 Å². The third-order valence-electron chi connectivity index (χ3n) is 3.23. The molecule has 1 heterocycles. The van der Waals surface area contributed by atoms with Gasteiger partial charge in [0.05, 0.1) is 19.3 Å². The number of rotatable bonds is 2. The third kappa shape index (κ3) is 3.95. The molecule has 0 aromatic heterocycles. The van der Waals surface area contributed by atoms with Gasteiger partial charge in [0.15, 0.2) is 0 Å². The first-order chi connectivity index (χ1) is 9.99. The number of morpholine rings is 1. The Morgan fingerprint density at radius 3 is 2.57 bits per heavy atom. The molecule has 0 spiro atoms. The minimum atomic E-state index is -0.649. The van der Waals surface area contributed by atoms with Crippen molar-refractivity contribution in [2.45, 2.75) is 26.1 Å². The molecule has 2 atom stereocenters. The quantitative estimate of drug-likeness (QED) is 0.834. The van der Waals surface area contributed by atoms with Crippen LogP contribution >= 0.6 is 0 Å². The first-order valence-corrected chi connectivity index (χ1v) is 6.89. The summed E-state index contributed by atoms with van der Waals surface area (Å²) in [6.07, 6.45) is -0.135. The molecule has 1 saturated heterocycles. The first-order valence-electron chi connectivity index (χ1n) is 6.89. The molecular formula is C15H20N2O4. The number of methoxy groups -OCH3 is 1. The third-order valence-corrected chi connectivity index (χ3v) is 3.23. The lowest BCUT2D eigenvalue weighted by Gasteiger charge is -2.34. The molecule has 114 valence electrons. The van der Waals surface area contributed by atoms with Crippen LogP contribution in [0.4, 0.5) is 5.69 Å². The van der Waals surface area contributed by atoms with Crippen LogP contribution in [0.15, 0.2) is 24.3 Å². The van der Waals surface area contributed by atoms with Gasteiger partial charge in [0.2, 0.25) is 0 Å². The number of benzene rings is 1. The molecule has 1 aromatic rings. The maximum Gasteiger partial charge on any atom is 0.313 e. The number of nitrogens with zero attached hydrogens (tertiary/aromatic N) is 1. The first kappa shape index (κ1) is 15.3. The molecule has 0 radical (unpaired) electrons. The molecule has 6 heteroatoms. The van der Waals surface area contributed by atoms with E-state index in [1.54, 1.807) is 31.4 Å². The Balaban J connectivity index is 2.00. The number of anilines is 1. The van der Waals surface area contributed by atoms with Crippen molar-refractivity contribution in [1.29, 1.82) is 0 Å². The number of hydrogen-bond donors (Lipinski definition) is 1. The standard InChI is InChI=1S/C15H20N2O4/c1-10-8-17(9-11(2)21-10)15(19)14(18)16-12-5-4-6-13(7-12)20-3/h4-7,10-11H,8-9H2,1-3H3,(H,16,18). The summed E-state index contributed by atoms with van der Waals surface area (Å²) in [5.74, 6) is -0.571. The van der Waals surface area contributed by atoms with Gasteiger partial charge < -0.3 is 19.7 Å². The van der Waals surface area contributed by atoms with Gasteiger partial charge in [0, 0.05) is 24.8 Å². The summed E-state index contributed by atoms with van der Waals surface area (Å²) >= 11 is 0. The van der Waals surface area contributed by atoms with E-state index >= 15 is 0 Å². The van der Waals surface area contributed by atoms with E-state index in [-0.39, 0.29) is 12.2 Å². The summed E-state index contributed by atoms with van der Waals surface area (Å²) in [7, 11) is 1.54. The van der Waals surface area contributed by atoms with Gasteiger partial charge in [0.25, 0.3) is 0 Å². The van der Waals surface area contributed by atoms with E-state index in [2.05, 4.69) is 5.32 Å². The normalized spacial score (nSPS) is 21.8. The zero-order valence-corrected chi connectivity index (χ0v) is 12.5. The Hall–Kier alpha value is -2.08. The number of carbonyl (C=O) groups excluding carboxylic acids is 2. The average molecular weight is 292 g/mol. The van der Waals surface area contributed by atoms with E-state index < -0.39 is 11.8 Å². The minimum Gasteiger partial charge on any atom is -0.497 e. The Kier molecular flexibility index (Phi) is 4.80. The smallest absolute Gasteiger partial charge is 0.313 e. The molecule has 1 fully saturated rings. The summed E-state index contributed by atoms with van der Waals surface area (Å²) in [6.45, 7) is 4.62. The van der Waals surface area contributed by atoms with Gasteiger partial charge in [-0.15, -0.1) is 0 Å². The van der Waals surface area contributed by atoms with Crippen molar-refractivity contribution >= 4 is 17.5 Å². The van der Waals surface area contributed by atoms with Gasteiger partial charge in [-0.25, -0.2) is 0 Å². The minimum absolute atomic E-state index is 0.0673. The maximum atomic E-state index is 12.2. The highest BCUT2D eigenvalue weighted by Crippen LogP contribution is 2.17. The van der Waals surface area contributed by atoms with E-state index in [1.165, 1.54) is 4.90 Å². The maximum absolute atomic E-state index is 12.2. The van der Waals surface area contributed by atoms with Crippen LogP contribution in [0.2, 0.25) is 0 Å². The summed E-state index contributed by atoms with van der Waals surface area (Å²) < 4.78 is 10.6. The number of ether oxygens (including phenoxy) is 2. The zero-order valence-electron chi connectivity index (χ0n) is 12.5. The molecule has 1 aromatic carbocycles. The largest absolute Gasteiger partial charge is 0.497 e. The van der Waals surface area contributed by atoms with E-state index in [9.17, 15) is 9.59 Å². The van der Waals surface area contributed by atoms with Crippen molar-refractivity contribution in [3.05, 3.63) is 24.3 Å². The van der Waals surface area contributed by atoms with Crippen LogP contribution < -0.4 is 10.1 Å². The van der Waals surface area contributed by atoms with Crippen molar-refractivity contribution in [3.63, 3.8) is 0 Å². The van der Waals surface area contributed by atoms with Gasteiger partial charge in [0.1, 0.15) is 5.75 Å². The zero-order chi connectivity index (χ0) is 15.4. The monoisotopic (exact) mass is 292 g/mol. The van der Waals surface area contributed by atoms with E-state index in [0.717, 1.165) is 0 Å². The molecule has 0 bridgehead atoms. The highest BCUT2D eigenvalue weighted by Gasteiger charge is 2.29. The Bertz CT molecular complexity index is 522. The SMILES string of the molecule is COc1cccc(NC(=O)C(=O)N2CC(C)OC(C)C2)c1. The number of amides is 2. The van der Waals surface area contributed by atoms with Crippen LogP contribution in [-0.4, -0.2) is 49.1 Å². The molecule has 2 amide bonds. The molecule has 6 nitrogen and oxygen atoms in total. The molecular weight excluding hydrogens is 272 g/mol. The summed E-state index contributed by atoms with van der Waals surface area (Å²) in [6, 6.07) is 6.88. The predicted octanol–water partition coefficient (Wildman–Crippen LogP) is 1.27. The van der Waals surface area contributed by atoms with Gasteiger partial charge in [-0.3, -0.25) is 9.59 Å². The number of nitrogens with one attached hydrogen (secondary N) is 1. The number of hydrogen-bond acceptors (Lipinski definition) is 4. The fourth-order valence-electron chi connectivity index (χ4n) is 2.37. The second-order valence-electron chi connectivity index (χ2n) is 5.15. The summed E-state index contributed by atoms with van der Waals surface area (Å²) in [4.78, 5) is 25.7. The second-order valence-corrected chi connectivity index (χ2v) is 5.15. The van der Waals surface area contributed by atoms with Crippen molar-refractivity contribution < 1.29 is 19.1 Å². The van der Waals surface area contributed by atoms with Gasteiger partial charge in [-0.2, -0.15) is 0 Å². The Morgan fingerprint density at radius 2 is 1.95 bits per heavy atom. The number of carbonyl (C=O) groups is 2. The Morgan fingerprint density at radius 1 is 1.29 bits per heavy atom. The second kappa shape index (κ2) is 6.58. The van der Waals surface area contributed by atoms with Crippen LogP contribution in [0.3, 0.4) is 0 Å². The molecule has 2 unspecified atom stereocenters. The van der Waals surface area contributed by atoms with Gasteiger partial charge in [-0.1, -0.05) is 6.07 Å². The van der Waals surface area contributed by atoms with Crippen LogP contribution in [0.5, 0.6) is 5.75 Å². The lowest BCUT2D eigenvalue weighted by Crippen LogP contribution is -2.51. The lowest BCUT2D eigenvalue weighted by atomic mass is 10.2. The lowest BCUT2D eigenvalue weighted by molar-refractivity contribution is -0.151. The van der Waals surface area contributed by atoms with Gasteiger partial charge >= 0.3 is 11.8 Å². The predicted molar refractivity (Wildman–Crippen MR) is 78.2 cm³/mol. The molecule has 1 aliphatic heterocycles. The van der Waals surface area contributed by atoms with Crippen molar-refractivity contribution in [2.75, 3.05) is 25.5 Å². The fraction of sp³-hybridized carbons (Fsp3) is 0.467. The molecule has 2 rings (SSSR count). The summed E-state index contributed by atoms with van der Waals surface area (Å²) in [5.41, 5.74) is 0.530. The van der Waals surface area contributed by atoms with Gasteiger partial charge in [-0.05, 0) is 26.0 Å². The highest BCUT2D eigenvalue weighted by molar-refractivity contribution is 6.39. The fourth-order valence-corrected chi connectivity index (χ4v) is 2.37. The van der Waals surface area contributed by atoms with E-state index in [0.29, 0.717) is 24.5 Å². The highest BCUT2D eigenvalue weighted by atomic mass is 16.5. The molecule has 1 N–H and O–H groups in total. The van der Waals surface area contributed by atoms with Crippen molar-refractivity contribution in [3.8, 4) is 5.75 Å².